The number of aromatic amines is 1. The predicted octanol–water partition coefficient (Wildman–Crippen LogP) is 5.96. The Kier molecular flexibility index (Phi) is 5.04. The van der Waals surface area contributed by atoms with E-state index < -0.39 is 6.04 Å². The maximum atomic E-state index is 13.6. The van der Waals surface area contributed by atoms with E-state index in [1.54, 1.807) is 4.90 Å². The Hall–Kier alpha value is -3.35. The maximum Gasteiger partial charge on any atom is 0.259 e. The molecule has 3 aromatic carbocycles. The first-order chi connectivity index (χ1) is 16.2. The molecular weight excluding hydrogens is 452 g/mol. The van der Waals surface area contributed by atoms with Crippen molar-refractivity contribution in [1.29, 1.82) is 0 Å². The molecule has 0 spiro atoms. The minimum Gasteiger partial charge on any atom is -0.361 e. The molecule has 1 atom stereocenters. The standard InChI is InChI=1S/C26H19ClN4OS/c27-18-7-5-6-16(12-18)15-33-26-30-22-11-4-2-9-20(22)24-29-23(25(32)31(24)26)13-17-14-28-21-10-3-1-8-19(17)21/h1-12,14,23,28H,13,15H2. The average Bonchev–Trinajstić information content (AvgIpc) is 3.39. The number of carbonyl (C=O) groups is 1. The number of rotatable bonds is 4. The highest BCUT2D eigenvalue weighted by Crippen LogP contribution is 2.35. The molecule has 162 valence electrons. The van der Waals surface area contributed by atoms with Gasteiger partial charge in [0.25, 0.3) is 5.91 Å². The van der Waals surface area contributed by atoms with Crippen LogP contribution in [0.5, 0.6) is 0 Å². The third kappa shape index (κ3) is 3.65. The molecule has 1 aromatic heterocycles. The summed E-state index contributed by atoms with van der Waals surface area (Å²) >= 11 is 7.67. The first-order valence-corrected chi connectivity index (χ1v) is 12.1. The molecule has 6 rings (SSSR count). The summed E-state index contributed by atoms with van der Waals surface area (Å²) in [6, 6.07) is 23.2. The fraction of sp³-hybridized carbons (Fsp3) is 0.115. The molecule has 0 radical (unpaired) electrons. The smallest absolute Gasteiger partial charge is 0.259 e. The first-order valence-electron chi connectivity index (χ1n) is 10.7. The number of H-pyrrole nitrogens is 1. The van der Waals surface area contributed by atoms with Crippen molar-refractivity contribution in [2.45, 2.75) is 18.2 Å². The van der Waals surface area contributed by atoms with Crippen molar-refractivity contribution in [3.63, 3.8) is 0 Å². The molecule has 1 amide bonds. The number of amides is 1. The zero-order valence-corrected chi connectivity index (χ0v) is 19.1. The lowest BCUT2D eigenvalue weighted by Gasteiger charge is -2.25. The van der Waals surface area contributed by atoms with Gasteiger partial charge in [-0.3, -0.25) is 9.79 Å². The van der Waals surface area contributed by atoms with Crippen LogP contribution in [0.25, 0.3) is 10.9 Å². The van der Waals surface area contributed by atoms with Crippen molar-refractivity contribution in [2.75, 3.05) is 0 Å². The summed E-state index contributed by atoms with van der Waals surface area (Å²) in [5.74, 6) is 1.30. The van der Waals surface area contributed by atoms with Crippen molar-refractivity contribution in [2.24, 2.45) is 9.98 Å². The van der Waals surface area contributed by atoms with Gasteiger partial charge in [0.1, 0.15) is 11.9 Å². The van der Waals surface area contributed by atoms with E-state index in [-0.39, 0.29) is 5.91 Å². The van der Waals surface area contributed by atoms with Crippen LogP contribution in [0.15, 0.2) is 89.0 Å². The Balaban J connectivity index is 1.33. The van der Waals surface area contributed by atoms with E-state index in [4.69, 9.17) is 21.6 Å². The highest BCUT2D eigenvalue weighted by atomic mass is 35.5. The summed E-state index contributed by atoms with van der Waals surface area (Å²) < 4.78 is 0. The molecule has 0 aliphatic carbocycles. The number of para-hydroxylation sites is 2. The predicted molar refractivity (Wildman–Crippen MR) is 135 cm³/mol. The third-order valence-electron chi connectivity index (χ3n) is 5.89. The second kappa shape index (κ2) is 8.21. The van der Waals surface area contributed by atoms with Gasteiger partial charge < -0.3 is 4.98 Å². The number of thioether (sulfide) groups is 1. The van der Waals surface area contributed by atoms with E-state index in [1.165, 1.54) is 11.8 Å². The molecule has 4 aromatic rings. The van der Waals surface area contributed by atoms with E-state index in [2.05, 4.69) is 11.1 Å². The first kappa shape index (κ1) is 20.3. The summed E-state index contributed by atoms with van der Waals surface area (Å²) in [5.41, 5.74) is 4.95. The lowest BCUT2D eigenvalue weighted by atomic mass is 10.1. The fourth-order valence-corrected chi connectivity index (χ4v) is 5.47. The average molecular weight is 471 g/mol. The Morgan fingerprint density at radius 2 is 1.88 bits per heavy atom. The Morgan fingerprint density at radius 3 is 2.79 bits per heavy atom. The molecule has 5 nitrogen and oxygen atoms in total. The molecule has 0 bridgehead atoms. The van der Waals surface area contributed by atoms with Crippen LogP contribution in [0.1, 0.15) is 16.7 Å². The molecule has 0 saturated heterocycles. The van der Waals surface area contributed by atoms with E-state index >= 15 is 0 Å². The van der Waals surface area contributed by atoms with Crippen LogP contribution >= 0.6 is 23.4 Å². The van der Waals surface area contributed by atoms with Crippen LogP contribution in [-0.4, -0.2) is 32.8 Å². The Bertz CT molecular complexity index is 1460. The Morgan fingerprint density at radius 1 is 1.03 bits per heavy atom. The van der Waals surface area contributed by atoms with Crippen molar-refractivity contribution in [3.05, 3.63) is 101 Å². The number of amidine groups is 2. The molecule has 33 heavy (non-hydrogen) atoms. The summed E-state index contributed by atoms with van der Waals surface area (Å²) in [4.78, 5) is 28.3. The monoisotopic (exact) mass is 470 g/mol. The molecular formula is C26H19ClN4OS. The normalized spacial score (nSPS) is 17.1. The lowest BCUT2D eigenvalue weighted by molar-refractivity contribution is -0.124. The molecule has 0 fully saturated rings. The summed E-state index contributed by atoms with van der Waals surface area (Å²) in [6.07, 6.45) is 2.52. The molecule has 1 N–H and O–H groups in total. The van der Waals surface area contributed by atoms with Crippen LogP contribution in [0.3, 0.4) is 0 Å². The van der Waals surface area contributed by atoms with Crippen molar-refractivity contribution in [1.82, 2.24) is 9.88 Å². The van der Waals surface area contributed by atoms with Gasteiger partial charge in [-0.05, 0) is 41.5 Å². The number of carbonyl (C=O) groups excluding carboxylic acids is 1. The molecule has 2 aliphatic rings. The van der Waals surface area contributed by atoms with E-state index in [1.807, 2.05) is 72.9 Å². The van der Waals surface area contributed by atoms with Crippen LogP contribution in [0.4, 0.5) is 5.69 Å². The highest BCUT2D eigenvalue weighted by molar-refractivity contribution is 8.13. The van der Waals surface area contributed by atoms with Gasteiger partial charge in [0, 0.05) is 39.9 Å². The summed E-state index contributed by atoms with van der Waals surface area (Å²) in [7, 11) is 0. The summed E-state index contributed by atoms with van der Waals surface area (Å²) in [5, 5.41) is 2.47. The van der Waals surface area contributed by atoms with Crippen molar-refractivity contribution < 1.29 is 4.79 Å². The fourth-order valence-electron chi connectivity index (χ4n) is 4.32. The zero-order valence-electron chi connectivity index (χ0n) is 17.5. The van der Waals surface area contributed by atoms with Gasteiger partial charge >= 0.3 is 0 Å². The Labute approximate surface area is 200 Å². The van der Waals surface area contributed by atoms with Crippen LogP contribution < -0.4 is 0 Å². The zero-order chi connectivity index (χ0) is 22.4. The molecule has 3 heterocycles. The van der Waals surface area contributed by atoms with E-state index in [0.29, 0.717) is 28.2 Å². The SMILES string of the molecule is O=C1C(Cc2c[nH]c3ccccc23)N=C2c3ccccc3N=C(SCc3cccc(Cl)c3)N12. The second-order valence-electron chi connectivity index (χ2n) is 8.04. The number of benzene rings is 3. The van der Waals surface area contributed by atoms with Crippen LogP contribution in [-0.2, 0) is 17.0 Å². The van der Waals surface area contributed by atoms with Gasteiger partial charge in [0.15, 0.2) is 5.17 Å². The van der Waals surface area contributed by atoms with Gasteiger partial charge in [-0.2, -0.15) is 0 Å². The minimum absolute atomic E-state index is 0.0397. The quantitative estimate of drug-likeness (QED) is 0.400. The van der Waals surface area contributed by atoms with Gasteiger partial charge in [0.05, 0.1) is 5.69 Å². The highest BCUT2D eigenvalue weighted by Gasteiger charge is 2.41. The number of fused-ring (bicyclic) bond motifs is 4. The van der Waals surface area contributed by atoms with Gasteiger partial charge in [-0.1, -0.05) is 65.8 Å². The minimum atomic E-state index is -0.484. The second-order valence-corrected chi connectivity index (χ2v) is 9.41. The molecule has 1 unspecified atom stereocenters. The van der Waals surface area contributed by atoms with E-state index in [9.17, 15) is 4.79 Å². The number of nitrogens with zero attached hydrogens (tertiary/aromatic N) is 3. The number of nitrogens with one attached hydrogen (secondary N) is 1. The molecule has 0 saturated carbocycles. The number of aromatic nitrogens is 1. The number of hydrogen-bond donors (Lipinski definition) is 1. The van der Waals surface area contributed by atoms with E-state index in [0.717, 1.165) is 33.3 Å². The lowest BCUT2D eigenvalue weighted by Crippen LogP contribution is -2.41. The number of hydrogen-bond acceptors (Lipinski definition) is 4. The van der Waals surface area contributed by atoms with Gasteiger partial charge in [-0.15, -0.1) is 0 Å². The van der Waals surface area contributed by atoms with Crippen molar-refractivity contribution >= 4 is 56.9 Å². The van der Waals surface area contributed by atoms with Crippen LogP contribution in [0, 0.1) is 0 Å². The van der Waals surface area contributed by atoms with Crippen LogP contribution in [0.2, 0.25) is 5.02 Å². The molecule has 2 aliphatic heterocycles. The third-order valence-corrected chi connectivity index (χ3v) is 7.14. The van der Waals surface area contributed by atoms with Gasteiger partial charge in [-0.25, -0.2) is 9.89 Å². The largest absolute Gasteiger partial charge is 0.361 e. The topological polar surface area (TPSA) is 60.8 Å². The van der Waals surface area contributed by atoms with Gasteiger partial charge in [0.2, 0.25) is 0 Å². The maximum absolute atomic E-state index is 13.6. The van der Waals surface area contributed by atoms with Crippen molar-refractivity contribution in [3.8, 4) is 0 Å². The number of aliphatic imine (C=N–C) groups is 2. The summed E-state index contributed by atoms with van der Waals surface area (Å²) in [6.45, 7) is 0. The molecule has 7 heteroatoms. The number of halogens is 1.